The van der Waals surface area contributed by atoms with Crippen molar-refractivity contribution >= 4 is 22.7 Å². The Kier molecular flexibility index (Phi) is 8.24. The van der Waals surface area contributed by atoms with Crippen molar-refractivity contribution in [3.05, 3.63) is 58.0 Å². The van der Waals surface area contributed by atoms with Gasteiger partial charge in [-0.3, -0.25) is 9.69 Å². The zero-order valence-corrected chi connectivity index (χ0v) is 20.8. The minimum absolute atomic E-state index is 0.0884. The maximum Gasteiger partial charge on any atom is 0.416 e. The van der Waals surface area contributed by atoms with Gasteiger partial charge in [0.15, 0.2) is 0 Å². The van der Waals surface area contributed by atoms with E-state index >= 15 is 0 Å². The largest absolute Gasteiger partial charge is 0.416 e. The third-order valence-electron chi connectivity index (χ3n) is 6.56. The number of rotatable bonds is 6. The Hall–Kier alpha value is -2.51. The quantitative estimate of drug-likeness (QED) is 0.272. The third kappa shape index (κ3) is 7.51. The zero-order chi connectivity index (χ0) is 26.8. The molecule has 1 saturated heterocycles. The van der Waals surface area contributed by atoms with Gasteiger partial charge in [0.1, 0.15) is 0 Å². The van der Waals surface area contributed by atoms with Gasteiger partial charge in [-0.1, -0.05) is 24.6 Å². The number of halogens is 6. The van der Waals surface area contributed by atoms with Crippen molar-refractivity contribution in [3.63, 3.8) is 0 Å². The van der Waals surface area contributed by atoms with E-state index in [0.29, 0.717) is 56.5 Å². The molecule has 10 heteroatoms. The molecule has 0 radical (unpaired) electrons. The van der Waals surface area contributed by atoms with E-state index in [0.717, 1.165) is 41.1 Å². The Bertz CT molecular complexity index is 1180. The summed E-state index contributed by atoms with van der Waals surface area (Å²) in [5.41, 5.74) is -1.40. The number of carbonyl (C=O) groups excluding carboxylic acids is 1. The lowest BCUT2D eigenvalue weighted by Gasteiger charge is -2.31. The number of amides is 1. The number of hydrogen-bond acceptors (Lipinski definition) is 3. The van der Waals surface area contributed by atoms with Crippen LogP contribution in [0.1, 0.15) is 55.2 Å². The van der Waals surface area contributed by atoms with Crippen LogP contribution in [0.4, 0.5) is 31.1 Å². The van der Waals surface area contributed by atoms with Gasteiger partial charge >= 0.3 is 17.6 Å². The molecule has 3 nitrogen and oxygen atoms in total. The van der Waals surface area contributed by atoms with Crippen LogP contribution in [0.25, 0.3) is 0 Å². The molecule has 198 valence electrons. The summed E-state index contributed by atoms with van der Waals surface area (Å²) in [6.07, 6.45) is -2.85. The van der Waals surface area contributed by atoms with Crippen molar-refractivity contribution in [3.8, 4) is 11.8 Å². The molecular weight excluding hydrogens is 514 g/mol. The van der Waals surface area contributed by atoms with E-state index in [4.69, 9.17) is 0 Å². The number of nitrogens with zero attached hydrogens (tertiary/aromatic N) is 2. The fourth-order valence-electron chi connectivity index (χ4n) is 4.34. The summed E-state index contributed by atoms with van der Waals surface area (Å²) in [5, 5.41) is -0.300. The summed E-state index contributed by atoms with van der Waals surface area (Å²) in [5.74, 6) is 6.97. The van der Waals surface area contributed by atoms with Crippen molar-refractivity contribution in [2.75, 3.05) is 13.1 Å². The lowest BCUT2D eigenvalue weighted by Crippen LogP contribution is -2.33. The van der Waals surface area contributed by atoms with E-state index in [9.17, 15) is 31.1 Å². The number of thioether (sulfide) groups is 1. The van der Waals surface area contributed by atoms with Crippen LogP contribution in [-0.2, 0) is 18.9 Å². The Morgan fingerprint density at radius 3 is 2.43 bits per heavy atom. The van der Waals surface area contributed by atoms with E-state index in [1.807, 2.05) is 11.0 Å². The molecular formula is C27H26F6N2OS. The van der Waals surface area contributed by atoms with Crippen molar-refractivity contribution in [2.45, 2.75) is 57.4 Å². The molecule has 3 aliphatic rings. The number of alkyl halides is 6. The second kappa shape index (κ2) is 11.1. The van der Waals surface area contributed by atoms with E-state index in [2.05, 4.69) is 23.4 Å². The predicted molar refractivity (Wildman–Crippen MR) is 132 cm³/mol. The molecule has 0 bridgehead atoms. The number of allylic oxidation sites excluding steroid dienone is 3. The molecule has 0 aromatic heterocycles. The van der Waals surface area contributed by atoms with Crippen LogP contribution in [0.2, 0.25) is 0 Å². The number of carbonyl (C=O) groups is 1. The highest BCUT2D eigenvalue weighted by atomic mass is 32.2. The van der Waals surface area contributed by atoms with Crippen LogP contribution in [-0.4, -0.2) is 28.9 Å². The maximum absolute atomic E-state index is 13.5. The van der Waals surface area contributed by atoms with Crippen molar-refractivity contribution < 1.29 is 31.1 Å². The van der Waals surface area contributed by atoms with E-state index in [-0.39, 0.29) is 29.3 Å². The van der Waals surface area contributed by atoms with Gasteiger partial charge in [-0.25, -0.2) is 4.99 Å². The Morgan fingerprint density at radius 2 is 1.81 bits per heavy atom. The molecule has 2 fully saturated rings. The molecule has 1 aliphatic carbocycles. The predicted octanol–water partition coefficient (Wildman–Crippen LogP) is 7.88. The van der Waals surface area contributed by atoms with Gasteiger partial charge in [-0.15, -0.1) is 5.92 Å². The van der Waals surface area contributed by atoms with Crippen LogP contribution in [0.3, 0.4) is 0 Å². The average Bonchev–Trinajstić information content (AvgIpc) is 3.57. The first kappa shape index (κ1) is 27.5. The molecule has 0 N–H and O–H groups in total. The number of likely N-dealkylation sites (tertiary alicyclic amines) is 1. The Labute approximate surface area is 216 Å². The summed E-state index contributed by atoms with van der Waals surface area (Å²) in [6.45, 7) is 4.95. The fourth-order valence-corrected chi connectivity index (χ4v) is 5.21. The van der Waals surface area contributed by atoms with E-state index < -0.39 is 23.5 Å². The molecule has 37 heavy (non-hydrogen) atoms. The summed E-state index contributed by atoms with van der Waals surface area (Å²) >= 11 is 1.05. The SMILES string of the molecule is C=C(CCC#CC1CC1)C1=NC(=O)SC1=CC1CCN(Cc2ccc(C(F)(F)F)cc2C(F)(F)F)CC1. The van der Waals surface area contributed by atoms with Crippen LogP contribution in [0, 0.1) is 23.7 Å². The second-order valence-electron chi connectivity index (χ2n) is 9.54. The van der Waals surface area contributed by atoms with Gasteiger partial charge in [0.05, 0.1) is 16.8 Å². The number of hydrogen-bond donors (Lipinski definition) is 0. The molecule has 1 saturated carbocycles. The molecule has 2 aliphatic heterocycles. The maximum atomic E-state index is 13.5. The minimum atomic E-state index is -4.88. The van der Waals surface area contributed by atoms with E-state index in [1.54, 1.807) is 0 Å². The summed E-state index contributed by atoms with van der Waals surface area (Å²) in [7, 11) is 0. The van der Waals surface area contributed by atoms with Crippen molar-refractivity contribution in [2.24, 2.45) is 16.8 Å². The van der Waals surface area contributed by atoms with Gasteiger partial charge in [-0.2, -0.15) is 26.3 Å². The van der Waals surface area contributed by atoms with Crippen LogP contribution in [0.15, 0.2) is 46.3 Å². The Morgan fingerprint density at radius 1 is 1.11 bits per heavy atom. The molecule has 0 unspecified atom stereocenters. The standard InChI is InChI=1S/C27H26F6N2OS/c1-17(4-2-3-5-18-6-7-18)24-23(37-25(36)34-24)14-19-10-12-35(13-11-19)16-20-8-9-21(26(28,29)30)15-22(20)27(31,32)33/h8-9,14-15,18-19H,1-2,4,6-7,10-13,16H2. The van der Waals surface area contributed by atoms with Gasteiger partial charge in [0.25, 0.3) is 0 Å². The molecule has 4 rings (SSSR count). The molecule has 1 aromatic rings. The second-order valence-corrected chi connectivity index (χ2v) is 10.5. The highest BCUT2D eigenvalue weighted by molar-refractivity contribution is 8.18. The minimum Gasteiger partial charge on any atom is -0.299 e. The number of benzene rings is 1. The van der Waals surface area contributed by atoms with Gasteiger partial charge in [-0.05, 0) is 86.1 Å². The molecule has 0 atom stereocenters. The van der Waals surface area contributed by atoms with Gasteiger partial charge in [0, 0.05) is 23.8 Å². The lowest BCUT2D eigenvalue weighted by molar-refractivity contribution is -0.143. The fraction of sp³-hybridized carbons (Fsp3) is 0.481. The van der Waals surface area contributed by atoms with Crippen molar-refractivity contribution in [1.29, 1.82) is 0 Å². The molecule has 1 amide bonds. The third-order valence-corrected chi connectivity index (χ3v) is 7.38. The average molecular weight is 541 g/mol. The van der Waals surface area contributed by atoms with Crippen LogP contribution in [0.5, 0.6) is 0 Å². The highest BCUT2D eigenvalue weighted by Crippen LogP contribution is 2.39. The first-order valence-electron chi connectivity index (χ1n) is 12.1. The summed E-state index contributed by atoms with van der Waals surface area (Å²) < 4.78 is 79.3. The summed E-state index contributed by atoms with van der Waals surface area (Å²) in [4.78, 5) is 18.7. The monoisotopic (exact) mass is 540 g/mol. The molecule has 1 aromatic carbocycles. The van der Waals surface area contributed by atoms with Crippen LogP contribution < -0.4 is 0 Å². The van der Waals surface area contributed by atoms with Gasteiger partial charge < -0.3 is 0 Å². The van der Waals surface area contributed by atoms with Crippen molar-refractivity contribution in [1.82, 2.24) is 4.90 Å². The number of aliphatic imine (C=N–C) groups is 1. The molecule has 0 spiro atoms. The smallest absolute Gasteiger partial charge is 0.299 e. The highest BCUT2D eigenvalue weighted by Gasteiger charge is 2.38. The topological polar surface area (TPSA) is 32.7 Å². The van der Waals surface area contributed by atoms with E-state index in [1.165, 1.54) is 0 Å². The lowest BCUT2D eigenvalue weighted by atomic mass is 9.94. The molecule has 2 heterocycles. The summed E-state index contributed by atoms with van der Waals surface area (Å²) in [6, 6.07) is 1.80. The van der Waals surface area contributed by atoms with Gasteiger partial charge in [0.2, 0.25) is 0 Å². The normalized spacial score (nSPS) is 20.6. The van der Waals surface area contributed by atoms with Crippen LogP contribution >= 0.6 is 11.8 Å². The first-order chi connectivity index (χ1) is 17.4. The Balaban J connectivity index is 1.36. The number of piperidine rings is 1. The first-order valence-corrected chi connectivity index (χ1v) is 12.9. The zero-order valence-electron chi connectivity index (χ0n) is 20.0.